The molecular formula is C24H36FNO2. The van der Waals surface area contributed by atoms with Crippen molar-refractivity contribution in [2.24, 2.45) is 17.8 Å². The highest BCUT2D eigenvalue weighted by Gasteiger charge is 2.30. The van der Waals surface area contributed by atoms with Gasteiger partial charge in [-0.15, -0.1) is 0 Å². The molecule has 2 saturated carbocycles. The van der Waals surface area contributed by atoms with Gasteiger partial charge >= 0.3 is 5.97 Å². The van der Waals surface area contributed by atoms with E-state index in [-0.39, 0.29) is 18.0 Å². The molecule has 0 heterocycles. The fourth-order valence-corrected chi connectivity index (χ4v) is 4.60. The Morgan fingerprint density at radius 2 is 1.71 bits per heavy atom. The number of rotatable bonds is 9. The Bertz CT molecular complexity index is 562. The van der Waals surface area contributed by atoms with Crippen LogP contribution in [0.25, 0.3) is 0 Å². The lowest BCUT2D eigenvalue weighted by Gasteiger charge is -2.31. The second-order valence-corrected chi connectivity index (χ2v) is 8.57. The molecule has 2 fully saturated rings. The second-order valence-electron chi connectivity index (χ2n) is 8.57. The number of nitrogens with zero attached hydrogens (tertiary/aromatic N) is 1. The standard InChI is InChI=1S/C24H36FNO2/c1-2-3-7-19-10-14-21(15-11-19)24(27)28-23-16-12-20(13-17-23)8-5-4-6-9-22(25)18-26/h4,6,9,19-21,23H,2-3,5,7-8,10-17H2,1H3/t19-,20-,21-,23-. The van der Waals surface area contributed by atoms with Crippen LogP contribution in [0.3, 0.4) is 0 Å². The smallest absolute Gasteiger partial charge is 0.309 e. The fourth-order valence-electron chi connectivity index (χ4n) is 4.60. The zero-order chi connectivity index (χ0) is 20.2. The maximum atomic E-state index is 12.7. The van der Waals surface area contributed by atoms with E-state index in [9.17, 15) is 9.18 Å². The van der Waals surface area contributed by atoms with E-state index in [4.69, 9.17) is 10.00 Å². The fraction of sp³-hybridized carbons (Fsp3) is 0.750. The van der Waals surface area contributed by atoms with Gasteiger partial charge in [0.2, 0.25) is 0 Å². The SMILES string of the molecule is CCCC[C@H]1CC[C@H](C(=O)O[C@H]2CC[C@H](CCC=CC=C(F)C#N)CC2)CC1. The Labute approximate surface area is 170 Å². The molecule has 0 aliphatic heterocycles. The van der Waals surface area contributed by atoms with E-state index in [1.807, 2.05) is 6.08 Å². The summed E-state index contributed by atoms with van der Waals surface area (Å²) in [6.45, 7) is 2.24. The first-order chi connectivity index (χ1) is 13.6. The molecule has 0 amide bonds. The van der Waals surface area contributed by atoms with Gasteiger partial charge in [-0.25, -0.2) is 0 Å². The minimum absolute atomic E-state index is 0.0478. The Kier molecular flexibility index (Phi) is 10.3. The number of allylic oxidation sites excluding steroid dienone is 4. The average Bonchev–Trinajstić information content (AvgIpc) is 2.73. The van der Waals surface area contributed by atoms with E-state index in [0.717, 1.165) is 57.3 Å². The number of hydrogen-bond donors (Lipinski definition) is 0. The quantitative estimate of drug-likeness (QED) is 0.247. The summed E-state index contributed by atoms with van der Waals surface area (Å²) in [5, 5.41) is 8.35. The molecule has 28 heavy (non-hydrogen) atoms. The van der Waals surface area contributed by atoms with Crippen molar-refractivity contribution in [3.63, 3.8) is 0 Å². The first-order valence-electron chi connectivity index (χ1n) is 11.2. The summed E-state index contributed by atoms with van der Waals surface area (Å²) in [5.74, 6) is 0.890. The maximum Gasteiger partial charge on any atom is 0.309 e. The predicted octanol–water partition coefficient (Wildman–Crippen LogP) is 6.80. The molecule has 2 rings (SSSR count). The van der Waals surface area contributed by atoms with Crippen LogP contribution in [0, 0.1) is 29.1 Å². The lowest BCUT2D eigenvalue weighted by molar-refractivity contribution is -0.157. The number of carbonyl (C=O) groups excluding carboxylic acids is 1. The van der Waals surface area contributed by atoms with Crippen LogP contribution >= 0.6 is 0 Å². The van der Waals surface area contributed by atoms with Crippen LogP contribution in [0.1, 0.15) is 90.4 Å². The highest BCUT2D eigenvalue weighted by Crippen LogP contribution is 2.34. The van der Waals surface area contributed by atoms with E-state index in [0.29, 0.717) is 5.92 Å². The van der Waals surface area contributed by atoms with Crippen molar-refractivity contribution in [1.82, 2.24) is 0 Å². The maximum absolute atomic E-state index is 12.7. The number of esters is 1. The van der Waals surface area contributed by atoms with Crippen LogP contribution in [-0.2, 0) is 9.53 Å². The van der Waals surface area contributed by atoms with Gasteiger partial charge in [-0.2, -0.15) is 9.65 Å². The van der Waals surface area contributed by atoms with E-state index in [1.165, 1.54) is 44.2 Å². The van der Waals surface area contributed by atoms with Gasteiger partial charge in [-0.05, 0) is 82.1 Å². The van der Waals surface area contributed by atoms with Crippen LogP contribution in [0.4, 0.5) is 4.39 Å². The van der Waals surface area contributed by atoms with E-state index in [1.54, 1.807) is 6.08 Å². The summed E-state index contributed by atoms with van der Waals surface area (Å²) >= 11 is 0. The molecule has 156 valence electrons. The number of nitriles is 1. The molecule has 3 nitrogen and oxygen atoms in total. The Morgan fingerprint density at radius 1 is 1.07 bits per heavy atom. The van der Waals surface area contributed by atoms with Crippen molar-refractivity contribution in [2.75, 3.05) is 0 Å². The molecule has 2 aliphatic carbocycles. The van der Waals surface area contributed by atoms with Crippen LogP contribution in [0.2, 0.25) is 0 Å². The van der Waals surface area contributed by atoms with Crippen LogP contribution in [0.5, 0.6) is 0 Å². The molecule has 0 saturated heterocycles. The molecule has 0 aromatic carbocycles. The van der Waals surface area contributed by atoms with Crippen molar-refractivity contribution >= 4 is 5.97 Å². The molecule has 2 aliphatic rings. The third-order valence-electron chi connectivity index (χ3n) is 6.45. The zero-order valence-corrected chi connectivity index (χ0v) is 17.4. The average molecular weight is 390 g/mol. The topological polar surface area (TPSA) is 50.1 Å². The third-order valence-corrected chi connectivity index (χ3v) is 6.45. The molecule has 0 unspecified atom stereocenters. The molecule has 0 atom stereocenters. The largest absolute Gasteiger partial charge is 0.462 e. The molecule has 4 heteroatoms. The summed E-state index contributed by atoms with van der Waals surface area (Å²) in [6.07, 6.45) is 19.2. The van der Waals surface area contributed by atoms with Crippen LogP contribution < -0.4 is 0 Å². The van der Waals surface area contributed by atoms with Crippen molar-refractivity contribution in [1.29, 1.82) is 5.26 Å². The summed E-state index contributed by atoms with van der Waals surface area (Å²) in [6, 6.07) is 1.46. The molecule has 0 radical (unpaired) electrons. The summed E-state index contributed by atoms with van der Waals surface area (Å²) in [5.41, 5.74) is 0. The van der Waals surface area contributed by atoms with Crippen molar-refractivity contribution in [3.05, 3.63) is 24.1 Å². The predicted molar refractivity (Wildman–Crippen MR) is 110 cm³/mol. The molecule has 0 bridgehead atoms. The first-order valence-corrected chi connectivity index (χ1v) is 11.2. The summed E-state index contributed by atoms with van der Waals surface area (Å²) < 4.78 is 18.5. The normalized spacial score (nSPS) is 28.8. The third kappa shape index (κ3) is 8.17. The van der Waals surface area contributed by atoms with Gasteiger partial charge in [-0.3, -0.25) is 4.79 Å². The number of halogens is 1. The van der Waals surface area contributed by atoms with Gasteiger partial charge in [0.25, 0.3) is 0 Å². The van der Waals surface area contributed by atoms with Gasteiger partial charge in [0, 0.05) is 0 Å². The zero-order valence-electron chi connectivity index (χ0n) is 17.4. The van der Waals surface area contributed by atoms with E-state index >= 15 is 0 Å². The Hall–Kier alpha value is -1.63. The Morgan fingerprint density at radius 3 is 2.36 bits per heavy atom. The summed E-state index contributed by atoms with van der Waals surface area (Å²) in [4.78, 5) is 12.5. The summed E-state index contributed by atoms with van der Waals surface area (Å²) in [7, 11) is 0. The van der Waals surface area contributed by atoms with Crippen molar-refractivity contribution in [3.8, 4) is 6.07 Å². The number of hydrogen-bond acceptors (Lipinski definition) is 3. The molecular weight excluding hydrogens is 353 g/mol. The van der Waals surface area contributed by atoms with Gasteiger partial charge in [-0.1, -0.05) is 38.3 Å². The Balaban J connectivity index is 1.59. The molecule has 0 N–H and O–H groups in total. The first kappa shape index (κ1) is 22.7. The van der Waals surface area contributed by atoms with Crippen LogP contribution in [-0.4, -0.2) is 12.1 Å². The van der Waals surface area contributed by atoms with Gasteiger partial charge in [0.15, 0.2) is 5.83 Å². The number of carbonyl (C=O) groups is 1. The van der Waals surface area contributed by atoms with Gasteiger partial charge in [0.05, 0.1) is 5.92 Å². The number of ether oxygens (including phenoxy) is 1. The van der Waals surface area contributed by atoms with Crippen molar-refractivity contribution in [2.45, 2.75) is 96.5 Å². The highest BCUT2D eigenvalue weighted by molar-refractivity contribution is 5.72. The molecule has 0 aromatic rings. The van der Waals surface area contributed by atoms with Gasteiger partial charge < -0.3 is 4.74 Å². The van der Waals surface area contributed by atoms with E-state index in [2.05, 4.69) is 6.92 Å². The molecule has 0 spiro atoms. The number of unbranched alkanes of at least 4 members (excludes halogenated alkanes) is 1. The minimum Gasteiger partial charge on any atom is -0.462 e. The van der Waals surface area contributed by atoms with Crippen LogP contribution in [0.15, 0.2) is 24.1 Å². The molecule has 0 aromatic heterocycles. The lowest BCUT2D eigenvalue weighted by atomic mass is 9.79. The van der Waals surface area contributed by atoms with E-state index < -0.39 is 5.83 Å². The highest BCUT2D eigenvalue weighted by atomic mass is 19.1. The lowest BCUT2D eigenvalue weighted by Crippen LogP contribution is -2.30. The monoisotopic (exact) mass is 389 g/mol. The second kappa shape index (κ2) is 12.8. The van der Waals surface area contributed by atoms with Gasteiger partial charge in [0.1, 0.15) is 12.2 Å². The van der Waals surface area contributed by atoms with Crippen molar-refractivity contribution < 1.29 is 13.9 Å². The minimum atomic E-state index is -0.756.